The van der Waals surface area contributed by atoms with Gasteiger partial charge in [-0.25, -0.2) is 0 Å². The van der Waals surface area contributed by atoms with Crippen molar-refractivity contribution in [1.29, 1.82) is 0 Å². The van der Waals surface area contributed by atoms with Crippen molar-refractivity contribution in [2.24, 2.45) is 0 Å². The fraction of sp³-hybridized carbons (Fsp3) is 1.00. The van der Waals surface area contributed by atoms with E-state index in [0.29, 0.717) is 0 Å². The molecule has 29 heavy (non-hydrogen) atoms. The van der Waals surface area contributed by atoms with Crippen molar-refractivity contribution in [3.8, 4) is 0 Å². The lowest BCUT2D eigenvalue weighted by Gasteiger charge is -2.66. The Morgan fingerprint density at radius 2 is 0.517 bits per heavy atom. The van der Waals surface area contributed by atoms with Gasteiger partial charge in [0.2, 0.25) is 0 Å². The van der Waals surface area contributed by atoms with E-state index in [4.69, 9.17) is 37.9 Å². The molecule has 0 N–H and O–H groups in total. The first-order valence-electron chi connectivity index (χ1n) is 10.1. The van der Waals surface area contributed by atoms with E-state index in [9.17, 15) is 0 Å². The molecular weight excluding hydrogens is 461 g/mol. The third-order valence-electron chi connectivity index (χ3n) is 6.79. The quantitative estimate of drug-likeness (QED) is 0.181. The smallest absolute Gasteiger partial charge is 0.300 e. The molecule has 13 heteroatoms. The lowest BCUT2D eigenvalue weighted by atomic mass is 11.2. The van der Waals surface area contributed by atoms with Crippen LogP contribution in [-0.2, 0) is 37.9 Å². The molecule has 0 aliphatic rings. The first-order valence-corrected chi connectivity index (χ1v) is 20.6. The average molecular weight is 505 g/mol. The summed E-state index contributed by atoms with van der Waals surface area (Å²) in [6.45, 7) is 8.68. The van der Waals surface area contributed by atoms with Crippen molar-refractivity contribution in [2.45, 2.75) is 46.3 Å². The molecule has 0 aromatic heterocycles. The summed E-state index contributed by atoms with van der Waals surface area (Å²) in [6, 6.07) is 0. The van der Waals surface area contributed by atoms with Crippen LogP contribution in [-0.4, -0.2) is 123 Å². The fourth-order valence-corrected chi connectivity index (χ4v) is 36.4. The van der Waals surface area contributed by atoms with Crippen LogP contribution in [0, 0.1) is 0 Å². The summed E-state index contributed by atoms with van der Waals surface area (Å²) in [5, 5.41) is -3.86. The van der Waals surface area contributed by atoms with E-state index >= 15 is 0 Å². The predicted molar refractivity (Wildman–Crippen MR) is 130 cm³/mol. The number of methoxy groups -OCH3 is 8. The van der Waals surface area contributed by atoms with Crippen LogP contribution < -0.4 is 0 Å². The lowest BCUT2D eigenvalue weighted by molar-refractivity contribution is -0.207. The van der Waals surface area contributed by atoms with Gasteiger partial charge in [0, 0.05) is 56.9 Å². The van der Waals surface area contributed by atoms with Gasteiger partial charge in [-0.15, -0.1) is 0 Å². The molecule has 0 heterocycles. The highest BCUT2D eigenvalue weighted by Crippen LogP contribution is 2.52. The number of rotatable bonds is 16. The topological polar surface area (TPSA) is 73.8 Å². The van der Waals surface area contributed by atoms with Gasteiger partial charge >= 0.3 is 0 Å². The van der Waals surface area contributed by atoms with Crippen molar-refractivity contribution >= 4 is 46.2 Å². The summed E-state index contributed by atoms with van der Waals surface area (Å²) >= 11 is 0. The maximum Gasteiger partial charge on any atom is 0.300 e. The Bertz CT molecular complexity index is 350. The Morgan fingerprint density at radius 3 is 0.586 bits per heavy atom. The maximum atomic E-state index is 6.32. The second-order valence-electron chi connectivity index (χ2n) is 6.81. The lowest BCUT2D eigenvalue weighted by Crippen LogP contribution is -2.97. The first kappa shape index (κ1) is 29.8. The Kier molecular flexibility index (Phi) is 12.4. The molecule has 0 radical (unpaired) electrons. The third-order valence-corrected chi connectivity index (χ3v) is 29.6. The van der Waals surface area contributed by atoms with Gasteiger partial charge in [-0.2, -0.15) is 0 Å². The normalized spacial score (nSPS) is 17.8. The standard InChI is InChI=1S/C16H44O8Si5/c1-17-13(18-2,25-9)29(14(19-3,20-4)26-10,15(21-5,22-6)27-11)16(23-7,24-8)28-12/h25-28H2,1-12H3. The zero-order valence-electron chi connectivity index (χ0n) is 20.6. The molecule has 0 saturated carbocycles. The van der Waals surface area contributed by atoms with Crippen molar-refractivity contribution in [1.82, 2.24) is 0 Å². The molecular formula is C16H44O8Si5. The summed E-state index contributed by atoms with van der Waals surface area (Å²) in [4.78, 5) is 0. The zero-order chi connectivity index (χ0) is 23.0. The van der Waals surface area contributed by atoms with E-state index in [0.717, 1.165) is 0 Å². The van der Waals surface area contributed by atoms with Crippen LogP contribution in [0.5, 0.6) is 0 Å². The van der Waals surface area contributed by atoms with Gasteiger partial charge in [-0.05, 0) is 0 Å². The highest BCUT2D eigenvalue weighted by atomic mass is 28.4. The third kappa shape index (κ3) is 3.89. The van der Waals surface area contributed by atoms with Crippen LogP contribution >= 0.6 is 0 Å². The minimum atomic E-state index is -3.45. The van der Waals surface area contributed by atoms with Crippen molar-refractivity contribution < 1.29 is 37.9 Å². The summed E-state index contributed by atoms with van der Waals surface area (Å²) < 4.78 is 50.6. The molecule has 176 valence electrons. The van der Waals surface area contributed by atoms with Crippen LogP contribution in [0.1, 0.15) is 0 Å². The van der Waals surface area contributed by atoms with Crippen LogP contribution in [0.4, 0.5) is 0 Å². The SMILES string of the molecule is COC(OC)([SiH2]C)[Si](C(OC)(OC)[SiH2]C)(C(OC)(OC)[SiH2]C)C(OC)(OC)[SiH2]C. The highest BCUT2D eigenvalue weighted by molar-refractivity contribution is 7.07. The van der Waals surface area contributed by atoms with Gasteiger partial charge < -0.3 is 37.9 Å². The Labute approximate surface area is 187 Å². The monoisotopic (exact) mass is 504 g/mol. The summed E-state index contributed by atoms with van der Waals surface area (Å²) in [5.74, 6) is 0. The largest absolute Gasteiger partial charge is 0.361 e. The molecule has 0 aliphatic heterocycles. The van der Waals surface area contributed by atoms with Gasteiger partial charge in [-0.1, -0.05) is 26.2 Å². The summed E-state index contributed by atoms with van der Waals surface area (Å²) in [5.41, 5.74) is 0. The van der Waals surface area contributed by atoms with Crippen molar-refractivity contribution in [2.75, 3.05) is 56.9 Å². The molecule has 0 spiro atoms. The van der Waals surface area contributed by atoms with Gasteiger partial charge in [0.15, 0.2) is 0 Å². The molecule has 0 aliphatic carbocycles. The van der Waals surface area contributed by atoms with Crippen LogP contribution in [0.25, 0.3) is 0 Å². The van der Waals surface area contributed by atoms with E-state index in [1.165, 1.54) is 0 Å². The van der Waals surface area contributed by atoms with Crippen molar-refractivity contribution in [3.63, 3.8) is 0 Å². The second kappa shape index (κ2) is 12.1. The molecule has 0 rings (SSSR count). The number of hydrogen-bond acceptors (Lipinski definition) is 8. The Hall–Kier alpha value is 0.764. The fourth-order valence-electron chi connectivity index (χ4n) is 5.51. The summed E-state index contributed by atoms with van der Waals surface area (Å²) in [7, 11) is 6.07. The molecule has 0 bridgehead atoms. The molecule has 0 saturated heterocycles. The van der Waals surface area contributed by atoms with Crippen LogP contribution in [0.3, 0.4) is 0 Å². The summed E-state index contributed by atoms with van der Waals surface area (Å²) in [6.07, 6.45) is 0. The molecule has 0 atom stereocenters. The van der Waals surface area contributed by atoms with Gasteiger partial charge in [0.1, 0.15) is 20.1 Å². The van der Waals surface area contributed by atoms with E-state index in [1.54, 1.807) is 56.9 Å². The molecule has 8 nitrogen and oxygen atoms in total. The van der Waals surface area contributed by atoms with E-state index in [-0.39, 0.29) is 0 Å². The van der Waals surface area contributed by atoms with Crippen LogP contribution in [0.15, 0.2) is 0 Å². The molecule has 0 fully saturated rings. The molecule has 0 amide bonds. The van der Waals surface area contributed by atoms with Gasteiger partial charge in [-0.3, -0.25) is 0 Å². The van der Waals surface area contributed by atoms with Crippen LogP contribution in [0.2, 0.25) is 26.2 Å². The Morgan fingerprint density at radius 1 is 0.379 bits per heavy atom. The first-order chi connectivity index (χ1) is 13.7. The molecule has 0 aromatic carbocycles. The Balaban J connectivity index is 8.16. The maximum absolute atomic E-state index is 6.32. The van der Waals surface area contributed by atoms with Crippen molar-refractivity contribution in [3.05, 3.63) is 0 Å². The second-order valence-corrected chi connectivity index (χ2v) is 20.7. The minimum absolute atomic E-state index is 0.966. The minimum Gasteiger partial charge on any atom is -0.361 e. The average Bonchev–Trinajstić information content (AvgIpc) is 2.79. The number of ether oxygens (including phenoxy) is 8. The van der Waals surface area contributed by atoms with E-state index in [2.05, 4.69) is 26.2 Å². The van der Waals surface area contributed by atoms with E-state index < -0.39 is 66.3 Å². The predicted octanol–water partition coefficient (Wildman–Crippen LogP) is -1.75. The highest BCUT2D eigenvalue weighted by Gasteiger charge is 2.85. The van der Waals surface area contributed by atoms with E-state index in [1.807, 2.05) is 0 Å². The van der Waals surface area contributed by atoms with Gasteiger partial charge in [0.25, 0.3) is 8.07 Å². The number of hydrogen-bond donors (Lipinski definition) is 0. The zero-order valence-corrected chi connectivity index (χ0v) is 27.3. The molecule has 0 unspecified atom stereocenters. The van der Waals surface area contributed by atoms with Gasteiger partial charge in [0.05, 0.1) is 38.1 Å². The molecule has 0 aromatic rings.